The molecular formula is C74H34N12O8. The molecule has 8 amide bonds. The number of hydrogen-bond acceptors (Lipinski definition) is 12. The molecule has 17 rings (SSSR count). The van der Waals surface area contributed by atoms with E-state index in [-0.39, 0.29) is 67.3 Å². The van der Waals surface area contributed by atoms with Crippen LogP contribution >= 0.6 is 0 Å². The Bertz CT molecular complexity index is 5360. The van der Waals surface area contributed by atoms with Gasteiger partial charge in [0.2, 0.25) is 0 Å². The number of aromatic amines is 4. The monoisotopic (exact) mass is 1220 g/mol. The molecule has 0 bridgehead atoms. The fourth-order valence-electron chi connectivity index (χ4n) is 12.6. The summed E-state index contributed by atoms with van der Waals surface area (Å²) in [7, 11) is 0. The summed E-state index contributed by atoms with van der Waals surface area (Å²) in [5.74, 6) is 6.59. The second-order valence-corrected chi connectivity index (χ2v) is 22.6. The van der Waals surface area contributed by atoms with Crippen molar-refractivity contribution in [3.05, 3.63) is 224 Å². The lowest BCUT2D eigenvalue weighted by atomic mass is 10.1. The standard InChI is InChI=1S/C74H34N12O8/c1-5-35-12-16-47-51(20-35)71(91)83(67(47)87)43-25-41(26-44(29-43)84-68(88)48-17-13-36(6-2)21-52(48)72(84)92)65-79-59-31-55-56(32-60(59)80-65)76-63(75-55)39-10-9-11-40(24-39)64-77-57-33-61-62(34-58(57)78-64)82-66(81-61)42-27-45(85-69(89)49-18-14-37(7-3)22-53(49)73(85)93)30-46(28-42)86-70(90)50-19-15-38(8-4)23-54(50)74(86)94/h1-4,9-34H,(H,75,76)(H,77,78)(H,79,80)(H,81,82). The Morgan fingerprint density at radius 1 is 0.266 bits per heavy atom. The maximum absolute atomic E-state index is 14.1. The Balaban J connectivity index is 0.680. The zero-order valence-corrected chi connectivity index (χ0v) is 48.2. The van der Waals surface area contributed by atoms with E-state index in [1.165, 1.54) is 60.7 Å². The summed E-state index contributed by atoms with van der Waals surface area (Å²) in [5.41, 5.74) is 9.71. The van der Waals surface area contributed by atoms with Gasteiger partial charge in [0.05, 0.1) is 111 Å². The number of imidazole rings is 4. The number of benzene rings is 9. The van der Waals surface area contributed by atoms with Crippen LogP contribution in [0.4, 0.5) is 22.7 Å². The fourth-order valence-corrected chi connectivity index (χ4v) is 12.6. The molecule has 4 aromatic heterocycles. The maximum Gasteiger partial charge on any atom is 0.266 e. The number of carbonyl (C=O) groups is 8. The van der Waals surface area contributed by atoms with Crippen molar-refractivity contribution in [2.45, 2.75) is 0 Å². The number of amides is 8. The number of hydrogen-bond donors (Lipinski definition) is 4. The average Bonchev–Trinajstić information content (AvgIpc) is 1.67. The second-order valence-electron chi connectivity index (χ2n) is 22.6. The molecule has 0 spiro atoms. The molecule has 4 aliphatic rings. The summed E-state index contributed by atoms with van der Waals surface area (Å²) in [6.07, 6.45) is 22.6. The molecule has 20 heteroatoms. The first-order valence-electron chi connectivity index (χ1n) is 28.8. The van der Waals surface area contributed by atoms with Crippen LogP contribution in [0.2, 0.25) is 0 Å². The SMILES string of the molecule is C#Cc1ccc2c(c1)C(=O)N(c1cc(-c3nc4cc5[nH]c(-c6cccc(-c7nc8cc9[nH]c(-c%10cc(N%11C(=O)c%12ccc(C#C)cc%12C%11=O)cc(N%11C(=O)c%12ccc(C#C)cc%12C%11=O)c%10)nc9cc8[nH]7)c6)nc5cc4[nH]3)cc(N3C(=O)c4ccc(C#C)cc4C3=O)c1)C2=O. The molecule has 0 saturated carbocycles. The van der Waals surface area contributed by atoms with Gasteiger partial charge in [-0.2, -0.15) is 0 Å². The van der Waals surface area contributed by atoms with E-state index in [1.807, 2.05) is 48.5 Å². The summed E-state index contributed by atoms with van der Waals surface area (Å²) in [5, 5.41) is 0. The van der Waals surface area contributed by atoms with E-state index in [0.29, 0.717) is 101 Å². The lowest BCUT2D eigenvalue weighted by Crippen LogP contribution is -2.32. The fraction of sp³-hybridized carbons (Fsp3) is 0. The van der Waals surface area contributed by atoms with Crippen LogP contribution in [-0.2, 0) is 0 Å². The molecule has 0 fully saturated rings. The molecule has 4 aliphatic heterocycles. The average molecular weight is 1220 g/mol. The minimum absolute atomic E-state index is 0.0724. The minimum Gasteiger partial charge on any atom is -0.338 e. The second kappa shape index (κ2) is 19.6. The molecule has 9 aromatic carbocycles. The number of nitrogens with zero attached hydrogens (tertiary/aromatic N) is 8. The van der Waals surface area contributed by atoms with Crippen molar-refractivity contribution in [3.8, 4) is 94.9 Å². The molecule has 20 nitrogen and oxygen atoms in total. The molecule has 0 saturated heterocycles. The number of nitrogens with one attached hydrogen (secondary N) is 4. The number of anilines is 4. The van der Waals surface area contributed by atoms with E-state index in [0.717, 1.165) is 30.7 Å². The molecule has 13 aromatic rings. The van der Waals surface area contributed by atoms with E-state index in [1.54, 1.807) is 48.5 Å². The molecule has 4 N–H and O–H groups in total. The summed E-state index contributed by atoms with van der Waals surface area (Å²) >= 11 is 0. The van der Waals surface area contributed by atoms with Gasteiger partial charge >= 0.3 is 0 Å². The molecule has 0 aliphatic carbocycles. The predicted molar refractivity (Wildman–Crippen MR) is 349 cm³/mol. The first-order valence-corrected chi connectivity index (χ1v) is 28.8. The highest BCUT2D eigenvalue weighted by Crippen LogP contribution is 2.42. The molecule has 94 heavy (non-hydrogen) atoms. The van der Waals surface area contributed by atoms with Gasteiger partial charge in [0, 0.05) is 44.5 Å². The molecule has 0 atom stereocenters. The zero-order chi connectivity index (χ0) is 64.3. The van der Waals surface area contributed by atoms with Crippen LogP contribution in [0.15, 0.2) is 158 Å². The van der Waals surface area contributed by atoms with E-state index < -0.39 is 47.3 Å². The third-order valence-electron chi connectivity index (χ3n) is 17.2. The number of H-pyrrole nitrogens is 4. The summed E-state index contributed by atoms with van der Waals surface area (Å²) < 4.78 is 0. The number of carbonyl (C=O) groups excluding carboxylic acids is 8. The lowest BCUT2D eigenvalue weighted by molar-refractivity contribution is 0.0908. The smallest absolute Gasteiger partial charge is 0.266 e. The van der Waals surface area contributed by atoms with Crippen molar-refractivity contribution in [2.75, 3.05) is 19.6 Å². The van der Waals surface area contributed by atoms with Crippen molar-refractivity contribution >= 4 is 114 Å². The Morgan fingerprint density at radius 3 is 0.766 bits per heavy atom. The van der Waals surface area contributed by atoms with Gasteiger partial charge in [0.25, 0.3) is 47.3 Å². The Labute approximate surface area is 528 Å². The van der Waals surface area contributed by atoms with Crippen LogP contribution in [0.5, 0.6) is 0 Å². The summed E-state index contributed by atoms with van der Waals surface area (Å²) in [6, 6.07) is 42.2. The maximum atomic E-state index is 14.1. The Hall–Kier alpha value is -14.3. The van der Waals surface area contributed by atoms with Crippen molar-refractivity contribution in [3.63, 3.8) is 0 Å². The number of fused-ring (bicyclic) bond motifs is 8. The zero-order valence-electron chi connectivity index (χ0n) is 48.2. The number of rotatable bonds is 8. The van der Waals surface area contributed by atoms with Crippen LogP contribution in [0, 0.1) is 49.4 Å². The predicted octanol–water partition coefficient (Wildman–Crippen LogP) is 11.0. The number of imide groups is 4. The highest BCUT2D eigenvalue weighted by Gasteiger charge is 2.43. The molecule has 0 radical (unpaired) electrons. The van der Waals surface area contributed by atoms with E-state index in [4.69, 9.17) is 45.6 Å². The summed E-state index contributed by atoms with van der Waals surface area (Å²) in [6.45, 7) is 0. The van der Waals surface area contributed by atoms with Gasteiger partial charge in [0.15, 0.2) is 0 Å². The highest BCUT2D eigenvalue weighted by molar-refractivity contribution is 6.38. The topological polar surface area (TPSA) is 264 Å². The van der Waals surface area contributed by atoms with E-state index in [9.17, 15) is 38.4 Å². The molecular weight excluding hydrogens is 1180 g/mol. The van der Waals surface area contributed by atoms with E-state index >= 15 is 0 Å². The first kappa shape index (κ1) is 53.9. The third kappa shape index (κ3) is 7.95. The first-order chi connectivity index (χ1) is 45.6. The highest BCUT2D eigenvalue weighted by atomic mass is 16.2. The largest absolute Gasteiger partial charge is 0.338 e. The Kier molecular flexibility index (Phi) is 11.2. The van der Waals surface area contributed by atoms with Crippen LogP contribution in [-0.4, -0.2) is 87.1 Å². The summed E-state index contributed by atoms with van der Waals surface area (Å²) in [4.78, 5) is 150. The van der Waals surface area contributed by atoms with Gasteiger partial charge in [-0.15, -0.1) is 25.7 Å². The van der Waals surface area contributed by atoms with Gasteiger partial charge in [0.1, 0.15) is 23.3 Å². The molecule has 8 heterocycles. The lowest BCUT2D eigenvalue weighted by Gasteiger charge is -2.20. The normalized spacial score (nSPS) is 14.0. The van der Waals surface area contributed by atoms with Crippen molar-refractivity contribution in [1.29, 1.82) is 0 Å². The van der Waals surface area contributed by atoms with Crippen molar-refractivity contribution in [2.24, 2.45) is 0 Å². The Morgan fingerprint density at radius 2 is 0.511 bits per heavy atom. The quantitative estimate of drug-likeness (QED) is 0.0818. The van der Waals surface area contributed by atoms with Crippen LogP contribution in [0.1, 0.15) is 105 Å². The number of aromatic nitrogens is 8. The number of terminal acetylenes is 4. The minimum atomic E-state index is -0.643. The van der Waals surface area contributed by atoms with Gasteiger partial charge in [-0.05, 0) is 140 Å². The molecule has 0 unspecified atom stereocenters. The van der Waals surface area contributed by atoms with Crippen LogP contribution in [0.3, 0.4) is 0 Å². The van der Waals surface area contributed by atoms with Crippen molar-refractivity contribution in [1.82, 2.24) is 39.9 Å². The molecule has 438 valence electrons. The third-order valence-corrected chi connectivity index (χ3v) is 17.2. The van der Waals surface area contributed by atoms with Gasteiger partial charge in [-0.1, -0.05) is 41.9 Å². The van der Waals surface area contributed by atoms with Gasteiger partial charge in [-0.3, -0.25) is 38.4 Å². The van der Waals surface area contributed by atoms with E-state index in [2.05, 4.69) is 43.6 Å². The van der Waals surface area contributed by atoms with Gasteiger partial charge < -0.3 is 19.9 Å². The van der Waals surface area contributed by atoms with Crippen molar-refractivity contribution < 1.29 is 38.4 Å². The van der Waals surface area contributed by atoms with Gasteiger partial charge in [-0.25, -0.2) is 39.5 Å². The van der Waals surface area contributed by atoms with Crippen LogP contribution in [0.25, 0.3) is 89.7 Å². The van der Waals surface area contributed by atoms with Crippen LogP contribution < -0.4 is 19.6 Å².